The van der Waals surface area contributed by atoms with Crippen LogP contribution in [0.1, 0.15) is 0 Å². The van der Waals surface area contributed by atoms with Crippen molar-refractivity contribution in [1.82, 2.24) is 29.9 Å². The molecule has 0 spiro atoms. The van der Waals surface area contributed by atoms with Crippen molar-refractivity contribution < 1.29 is 0 Å². The van der Waals surface area contributed by atoms with Crippen LogP contribution in [0.3, 0.4) is 0 Å². The number of aromatic nitrogens is 6. The van der Waals surface area contributed by atoms with Crippen LogP contribution in [0.2, 0.25) is 0 Å². The van der Waals surface area contributed by atoms with Crippen LogP contribution in [0.15, 0.2) is 267 Å². The summed E-state index contributed by atoms with van der Waals surface area (Å²) in [6, 6.07) is 92.1. The lowest BCUT2D eigenvalue weighted by Crippen LogP contribution is -2.00. The van der Waals surface area contributed by atoms with Crippen molar-refractivity contribution in [1.29, 1.82) is 0 Å². The van der Waals surface area contributed by atoms with E-state index in [1.54, 1.807) is 0 Å². The average Bonchev–Trinajstić information content (AvgIpc) is 3.48. The van der Waals surface area contributed by atoms with Gasteiger partial charge in [0.2, 0.25) is 0 Å². The van der Waals surface area contributed by atoms with Gasteiger partial charge in [-0.15, -0.1) is 0 Å². The minimum Gasteiger partial charge on any atom is -0.208 e. The predicted molar refractivity (Wildman–Crippen MR) is 293 cm³/mol. The monoisotopic (exact) mass is 920 g/mol. The predicted octanol–water partition coefficient (Wildman–Crippen LogP) is 16.4. The zero-order valence-electron chi connectivity index (χ0n) is 39.1. The van der Waals surface area contributed by atoms with Gasteiger partial charge in [0.1, 0.15) is 0 Å². The highest BCUT2D eigenvalue weighted by Gasteiger charge is 2.17. The second-order valence-corrected chi connectivity index (χ2v) is 17.6. The molecule has 0 amide bonds. The number of rotatable bonds is 11. The molecule has 0 radical (unpaired) electrons. The fraction of sp³-hybridized carbons (Fsp3) is 0. The Balaban J connectivity index is 0.886. The molecule has 6 nitrogen and oxygen atoms in total. The quantitative estimate of drug-likeness (QED) is 0.129. The Morgan fingerprint density at radius 3 is 0.597 bits per heavy atom. The third-order valence-electron chi connectivity index (χ3n) is 12.7. The third kappa shape index (κ3) is 9.36. The topological polar surface area (TPSA) is 77.3 Å². The first kappa shape index (κ1) is 43.5. The van der Waals surface area contributed by atoms with E-state index >= 15 is 0 Å². The highest BCUT2D eigenvalue weighted by Crippen LogP contribution is 2.36. The van der Waals surface area contributed by atoms with Crippen molar-refractivity contribution >= 4 is 0 Å². The number of nitrogens with zero attached hydrogens (tertiary/aromatic N) is 6. The van der Waals surface area contributed by atoms with Crippen LogP contribution in [-0.4, -0.2) is 29.9 Å². The normalized spacial score (nSPS) is 11.1. The Hall–Kier alpha value is -9.78. The molecule has 2 heterocycles. The van der Waals surface area contributed by atoms with Crippen LogP contribution in [0.25, 0.3) is 124 Å². The van der Waals surface area contributed by atoms with Crippen molar-refractivity contribution in [3.8, 4) is 124 Å². The van der Waals surface area contributed by atoms with Gasteiger partial charge < -0.3 is 0 Å². The molecule has 0 saturated heterocycles. The molecule has 6 heteroatoms. The van der Waals surface area contributed by atoms with E-state index in [1.807, 2.05) is 103 Å². The standard InChI is InChI=1S/C66H44N6/c1-6-20-45(21-7-1)58-42-59(46-22-8-2-9-23-46)44-60(43-58)66-71-63(49-28-14-5-15-29-49)70-65(72-66)57-37-19-35-55(41-57)53-33-17-31-51(39-53)50-30-16-32-52(38-50)54-34-18-36-56(40-54)64-68-61(47-24-10-3-11-25-47)67-62(69-64)48-26-12-4-13-27-48/h1-44H. The molecule has 72 heavy (non-hydrogen) atoms. The van der Waals surface area contributed by atoms with E-state index in [1.165, 1.54) is 0 Å². The van der Waals surface area contributed by atoms with E-state index < -0.39 is 0 Å². The fourth-order valence-corrected chi connectivity index (χ4v) is 9.07. The molecule has 12 aromatic rings. The van der Waals surface area contributed by atoms with Gasteiger partial charge in [0.15, 0.2) is 34.9 Å². The molecule has 0 fully saturated rings. The lowest BCUT2D eigenvalue weighted by Gasteiger charge is -2.13. The number of hydrogen-bond acceptors (Lipinski definition) is 6. The van der Waals surface area contributed by atoms with Crippen molar-refractivity contribution in [2.75, 3.05) is 0 Å². The number of benzene rings is 10. The second kappa shape index (κ2) is 19.7. The van der Waals surface area contributed by atoms with Crippen molar-refractivity contribution in [2.24, 2.45) is 0 Å². The molecule has 0 atom stereocenters. The van der Waals surface area contributed by atoms with Crippen LogP contribution < -0.4 is 0 Å². The first-order chi connectivity index (χ1) is 35.6. The molecule has 2 aromatic heterocycles. The summed E-state index contributed by atoms with van der Waals surface area (Å²) in [5.41, 5.74) is 16.4. The Morgan fingerprint density at radius 2 is 0.306 bits per heavy atom. The summed E-state index contributed by atoms with van der Waals surface area (Å²) < 4.78 is 0. The first-order valence-electron chi connectivity index (χ1n) is 24.0. The molecular weight excluding hydrogens is 877 g/mol. The van der Waals surface area contributed by atoms with Crippen LogP contribution in [0.5, 0.6) is 0 Å². The summed E-state index contributed by atoms with van der Waals surface area (Å²) in [4.78, 5) is 30.4. The summed E-state index contributed by atoms with van der Waals surface area (Å²) in [6.07, 6.45) is 0. The molecule has 0 N–H and O–H groups in total. The molecule has 0 saturated carbocycles. The minimum absolute atomic E-state index is 0.600. The molecule has 0 aliphatic heterocycles. The van der Waals surface area contributed by atoms with Crippen LogP contribution >= 0.6 is 0 Å². The van der Waals surface area contributed by atoms with Gasteiger partial charge in [-0.2, -0.15) is 0 Å². The minimum atomic E-state index is 0.600. The molecule has 0 unspecified atom stereocenters. The molecule has 0 aliphatic carbocycles. The molecule has 10 aromatic carbocycles. The Labute approximate surface area is 418 Å². The molecular formula is C66H44N6. The summed E-state index contributed by atoms with van der Waals surface area (Å²) >= 11 is 0. The van der Waals surface area contributed by atoms with Gasteiger partial charge in [-0.3, -0.25) is 0 Å². The maximum absolute atomic E-state index is 5.24. The largest absolute Gasteiger partial charge is 0.208 e. The van der Waals surface area contributed by atoms with Crippen molar-refractivity contribution in [3.05, 3.63) is 267 Å². The third-order valence-corrected chi connectivity index (χ3v) is 12.7. The lowest BCUT2D eigenvalue weighted by atomic mass is 9.95. The van der Waals surface area contributed by atoms with Crippen LogP contribution in [0.4, 0.5) is 0 Å². The number of hydrogen-bond donors (Lipinski definition) is 0. The smallest absolute Gasteiger partial charge is 0.164 e. The van der Waals surface area contributed by atoms with E-state index in [2.05, 4.69) is 164 Å². The molecule has 12 rings (SSSR count). The summed E-state index contributed by atoms with van der Waals surface area (Å²) in [7, 11) is 0. The van der Waals surface area contributed by atoms with Gasteiger partial charge >= 0.3 is 0 Å². The highest BCUT2D eigenvalue weighted by atomic mass is 15.0. The van der Waals surface area contributed by atoms with E-state index in [0.29, 0.717) is 34.9 Å². The maximum atomic E-state index is 5.24. The SMILES string of the molecule is c1ccc(-c2cc(-c3ccccc3)cc(-c3nc(-c4ccccc4)nc(-c4cccc(-c5cccc(-c6cccc(-c7cccc(-c8nc(-c9ccccc9)nc(-c9ccccc9)n8)c7)c6)c5)c4)n3)c2)cc1. The zero-order chi connectivity index (χ0) is 48.1. The van der Waals surface area contributed by atoms with Gasteiger partial charge in [0.25, 0.3) is 0 Å². The fourth-order valence-electron chi connectivity index (χ4n) is 9.07. The van der Waals surface area contributed by atoms with E-state index in [0.717, 1.165) is 89.0 Å². The Bertz CT molecular complexity index is 3730. The zero-order valence-corrected chi connectivity index (χ0v) is 39.1. The second-order valence-electron chi connectivity index (χ2n) is 17.6. The summed E-state index contributed by atoms with van der Waals surface area (Å²) in [5, 5.41) is 0. The van der Waals surface area contributed by atoms with Crippen LogP contribution in [-0.2, 0) is 0 Å². The average molecular weight is 921 g/mol. The van der Waals surface area contributed by atoms with Crippen molar-refractivity contribution in [2.45, 2.75) is 0 Å². The molecule has 338 valence electrons. The molecule has 0 bridgehead atoms. The Kier molecular flexibility index (Phi) is 11.9. The van der Waals surface area contributed by atoms with Crippen molar-refractivity contribution in [3.63, 3.8) is 0 Å². The van der Waals surface area contributed by atoms with E-state index in [9.17, 15) is 0 Å². The lowest BCUT2D eigenvalue weighted by molar-refractivity contribution is 1.07. The van der Waals surface area contributed by atoms with E-state index in [-0.39, 0.29) is 0 Å². The Morgan fingerprint density at radius 1 is 0.125 bits per heavy atom. The molecule has 0 aliphatic rings. The van der Waals surface area contributed by atoms with Gasteiger partial charge in [0, 0.05) is 33.4 Å². The van der Waals surface area contributed by atoms with E-state index in [4.69, 9.17) is 29.9 Å². The maximum Gasteiger partial charge on any atom is 0.164 e. The highest BCUT2D eigenvalue weighted by molar-refractivity contribution is 5.82. The van der Waals surface area contributed by atoms with Gasteiger partial charge in [0.05, 0.1) is 0 Å². The summed E-state index contributed by atoms with van der Waals surface area (Å²) in [6.45, 7) is 0. The van der Waals surface area contributed by atoms with Gasteiger partial charge in [-0.1, -0.05) is 224 Å². The first-order valence-corrected chi connectivity index (χ1v) is 24.0. The summed E-state index contributed by atoms with van der Waals surface area (Å²) in [5.74, 6) is 3.71. The van der Waals surface area contributed by atoms with Gasteiger partial charge in [-0.25, -0.2) is 29.9 Å². The van der Waals surface area contributed by atoms with Crippen LogP contribution in [0, 0.1) is 0 Å². The van der Waals surface area contributed by atoms with Gasteiger partial charge in [-0.05, 0) is 98.1 Å².